The van der Waals surface area contributed by atoms with Crippen LogP contribution in [0, 0.1) is 0 Å². The molecule has 4 aliphatic heterocycles. The van der Waals surface area contributed by atoms with Crippen molar-refractivity contribution in [2.75, 3.05) is 52.9 Å². The van der Waals surface area contributed by atoms with Crippen molar-refractivity contribution in [2.45, 2.75) is 24.4 Å². The summed E-state index contributed by atoms with van der Waals surface area (Å²) in [6.45, 7) is 4.89. The number of benzene rings is 1. The molecule has 0 bridgehead atoms. The normalized spacial score (nSPS) is 27.9. The van der Waals surface area contributed by atoms with E-state index in [1.54, 1.807) is 24.3 Å². The molecule has 0 aromatic heterocycles. The lowest BCUT2D eigenvalue weighted by molar-refractivity contribution is 0.0430. The molecule has 0 saturated carbocycles. The van der Waals surface area contributed by atoms with Gasteiger partial charge in [-0.15, -0.1) is 0 Å². The minimum Gasteiger partial charge on any atom is -0.459 e. The third-order valence-electron chi connectivity index (χ3n) is 4.38. The third-order valence-corrected chi connectivity index (χ3v) is 4.38. The van der Waals surface area contributed by atoms with E-state index in [2.05, 4.69) is 0 Å². The van der Waals surface area contributed by atoms with Gasteiger partial charge in [-0.3, -0.25) is 0 Å². The van der Waals surface area contributed by atoms with Crippen molar-refractivity contribution in [3.8, 4) is 0 Å². The lowest BCUT2D eigenvalue weighted by Crippen LogP contribution is -2.17. The van der Waals surface area contributed by atoms with Crippen molar-refractivity contribution in [2.24, 2.45) is 0 Å². The summed E-state index contributed by atoms with van der Waals surface area (Å²) in [5.41, 5.74) is 0.407. The summed E-state index contributed by atoms with van der Waals surface area (Å²) < 4.78 is 35.2. The molecule has 29 heavy (non-hydrogen) atoms. The molecule has 1 aromatic rings. The molecule has 0 N–H and O–H groups in total. The molecule has 4 fully saturated rings. The van der Waals surface area contributed by atoms with Crippen LogP contribution in [0.5, 0.6) is 0 Å². The lowest BCUT2D eigenvalue weighted by atomic mass is 10.1. The second-order valence-electron chi connectivity index (χ2n) is 7.10. The molecular weight excluding hydrogens is 384 g/mol. The molecule has 0 aliphatic carbocycles. The van der Waals surface area contributed by atoms with Crippen molar-refractivity contribution < 1.29 is 42.7 Å². The van der Waals surface area contributed by atoms with E-state index in [4.69, 9.17) is 33.2 Å². The number of epoxide rings is 4. The van der Waals surface area contributed by atoms with Gasteiger partial charge >= 0.3 is 11.9 Å². The summed E-state index contributed by atoms with van der Waals surface area (Å²) >= 11 is 0. The van der Waals surface area contributed by atoms with Crippen LogP contribution in [-0.4, -0.2) is 89.2 Å². The van der Waals surface area contributed by atoms with Gasteiger partial charge < -0.3 is 33.2 Å². The summed E-state index contributed by atoms with van der Waals surface area (Å²) in [5.74, 6) is -1.09. The fourth-order valence-electron chi connectivity index (χ4n) is 2.32. The molecule has 4 unspecified atom stereocenters. The van der Waals surface area contributed by atoms with Gasteiger partial charge in [0.1, 0.15) is 37.6 Å². The molecule has 158 valence electrons. The van der Waals surface area contributed by atoms with Gasteiger partial charge in [0.2, 0.25) is 0 Å². The van der Waals surface area contributed by atoms with Gasteiger partial charge in [-0.2, -0.15) is 0 Å². The smallest absolute Gasteiger partial charge is 0.339 e. The van der Waals surface area contributed by atoms with Gasteiger partial charge in [0.15, 0.2) is 0 Å². The quantitative estimate of drug-likeness (QED) is 0.406. The SMILES string of the molecule is C(OCC1CO1)C1CO1.O=C(OCC1CO1)c1ccccc1C(=O)OCC1CO1. The largest absolute Gasteiger partial charge is 0.459 e. The van der Waals surface area contributed by atoms with E-state index in [-0.39, 0.29) is 36.5 Å². The number of carbonyl (C=O) groups is 2. The van der Waals surface area contributed by atoms with Crippen LogP contribution in [0.1, 0.15) is 20.7 Å². The first-order chi connectivity index (χ1) is 14.2. The van der Waals surface area contributed by atoms with Crippen molar-refractivity contribution >= 4 is 11.9 Å². The predicted molar refractivity (Wildman–Crippen MR) is 96.8 cm³/mol. The van der Waals surface area contributed by atoms with E-state index in [9.17, 15) is 9.59 Å². The Labute approximate surface area is 168 Å². The summed E-state index contributed by atoms with van der Waals surface area (Å²) in [7, 11) is 0. The van der Waals surface area contributed by atoms with Crippen LogP contribution in [0.4, 0.5) is 0 Å². The second-order valence-corrected chi connectivity index (χ2v) is 7.10. The number of hydrogen-bond donors (Lipinski definition) is 0. The molecule has 4 aliphatic rings. The predicted octanol–water partition coefficient (Wildman–Crippen LogP) is 0.598. The van der Waals surface area contributed by atoms with E-state index in [0.29, 0.717) is 25.4 Å². The number of esters is 2. The third kappa shape index (κ3) is 7.37. The molecule has 9 nitrogen and oxygen atoms in total. The van der Waals surface area contributed by atoms with Crippen LogP contribution in [0.2, 0.25) is 0 Å². The number of ether oxygens (including phenoxy) is 7. The second kappa shape index (κ2) is 9.64. The molecule has 9 heteroatoms. The summed E-state index contributed by atoms with van der Waals surface area (Å²) in [5, 5.41) is 0. The Hall–Kier alpha value is -2.04. The number of rotatable bonds is 10. The fraction of sp³-hybridized carbons (Fsp3) is 0.600. The molecular formula is C20H24O9. The van der Waals surface area contributed by atoms with Gasteiger partial charge in [0.05, 0.1) is 50.8 Å². The van der Waals surface area contributed by atoms with Crippen molar-refractivity contribution in [1.82, 2.24) is 0 Å². The molecule has 4 heterocycles. The maximum atomic E-state index is 11.9. The molecule has 0 amide bonds. The highest BCUT2D eigenvalue weighted by molar-refractivity contribution is 6.03. The molecule has 0 spiro atoms. The van der Waals surface area contributed by atoms with E-state index in [0.717, 1.165) is 26.4 Å². The number of carbonyl (C=O) groups excluding carboxylic acids is 2. The Morgan fingerprint density at radius 2 is 1.03 bits per heavy atom. The Morgan fingerprint density at radius 1 is 0.690 bits per heavy atom. The van der Waals surface area contributed by atoms with Gasteiger partial charge in [-0.05, 0) is 12.1 Å². The average molecular weight is 408 g/mol. The molecule has 1 aromatic carbocycles. The average Bonchev–Trinajstić information content (AvgIpc) is 3.59. The van der Waals surface area contributed by atoms with Gasteiger partial charge in [0.25, 0.3) is 0 Å². The number of hydrogen-bond acceptors (Lipinski definition) is 9. The van der Waals surface area contributed by atoms with Crippen LogP contribution in [0.25, 0.3) is 0 Å². The van der Waals surface area contributed by atoms with E-state index >= 15 is 0 Å². The fourth-order valence-corrected chi connectivity index (χ4v) is 2.32. The zero-order chi connectivity index (χ0) is 20.1. The Bertz CT molecular complexity index is 647. The molecule has 4 saturated heterocycles. The Kier molecular flexibility index (Phi) is 6.73. The van der Waals surface area contributed by atoms with Gasteiger partial charge in [-0.25, -0.2) is 9.59 Å². The van der Waals surface area contributed by atoms with Crippen LogP contribution in [0.3, 0.4) is 0 Å². The topological polar surface area (TPSA) is 112 Å². The zero-order valence-electron chi connectivity index (χ0n) is 15.9. The highest BCUT2D eigenvalue weighted by Gasteiger charge is 2.28. The van der Waals surface area contributed by atoms with Crippen LogP contribution < -0.4 is 0 Å². The summed E-state index contributed by atoms with van der Waals surface area (Å²) in [6, 6.07) is 6.43. The van der Waals surface area contributed by atoms with Crippen LogP contribution in [-0.2, 0) is 33.2 Å². The van der Waals surface area contributed by atoms with Crippen molar-refractivity contribution in [1.29, 1.82) is 0 Å². The van der Waals surface area contributed by atoms with Crippen molar-refractivity contribution in [3.05, 3.63) is 35.4 Å². The standard InChI is InChI=1S/C14H14O6.C6H10O3/c15-13(19-7-9-5-17-9)11-3-1-2-4-12(11)14(16)20-8-10-6-18-10;1(5-3-8-5)7-2-6-4-9-6/h1-4,9-10H,5-8H2;5-6H,1-4H2. The monoisotopic (exact) mass is 408 g/mol. The minimum absolute atomic E-state index is 0.00919. The maximum Gasteiger partial charge on any atom is 0.339 e. The molecule has 0 radical (unpaired) electrons. The van der Waals surface area contributed by atoms with Crippen LogP contribution in [0.15, 0.2) is 24.3 Å². The highest BCUT2D eigenvalue weighted by Crippen LogP contribution is 2.16. The minimum atomic E-state index is -0.546. The first-order valence-corrected chi connectivity index (χ1v) is 9.66. The summed E-state index contributed by atoms with van der Waals surface area (Å²) in [6.07, 6.45) is 0.766. The zero-order valence-corrected chi connectivity index (χ0v) is 15.9. The van der Waals surface area contributed by atoms with Crippen molar-refractivity contribution in [3.63, 3.8) is 0 Å². The Morgan fingerprint density at radius 3 is 1.38 bits per heavy atom. The van der Waals surface area contributed by atoms with E-state index in [1.807, 2.05) is 0 Å². The highest BCUT2D eigenvalue weighted by atomic mass is 16.6. The van der Waals surface area contributed by atoms with E-state index < -0.39 is 11.9 Å². The van der Waals surface area contributed by atoms with Gasteiger partial charge in [-0.1, -0.05) is 12.1 Å². The summed E-state index contributed by atoms with van der Waals surface area (Å²) in [4.78, 5) is 23.9. The maximum absolute atomic E-state index is 11.9. The molecule has 4 atom stereocenters. The van der Waals surface area contributed by atoms with Crippen LogP contribution >= 0.6 is 0 Å². The molecule has 5 rings (SSSR count). The van der Waals surface area contributed by atoms with Gasteiger partial charge in [0, 0.05) is 0 Å². The lowest BCUT2D eigenvalue weighted by Gasteiger charge is -2.08. The first kappa shape index (κ1) is 20.2. The Balaban J connectivity index is 0.000000188. The first-order valence-electron chi connectivity index (χ1n) is 9.66. The van der Waals surface area contributed by atoms with E-state index in [1.165, 1.54) is 0 Å².